The number of nitrogens with zero attached hydrogens (tertiary/aromatic N) is 3. The molecule has 1 fully saturated rings. The lowest BCUT2D eigenvalue weighted by Crippen LogP contribution is -2.31. The van der Waals surface area contributed by atoms with Crippen molar-refractivity contribution in [2.45, 2.75) is 31.6 Å². The van der Waals surface area contributed by atoms with Crippen molar-refractivity contribution in [2.24, 2.45) is 0 Å². The number of halogens is 6. The third-order valence-electron chi connectivity index (χ3n) is 5.06. The first-order chi connectivity index (χ1) is 13.6. The van der Waals surface area contributed by atoms with Crippen molar-refractivity contribution in [3.05, 3.63) is 53.6 Å². The maximum atomic E-state index is 13.2. The van der Waals surface area contributed by atoms with E-state index in [0.29, 0.717) is 30.2 Å². The summed E-state index contributed by atoms with van der Waals surface area (Å²) in [5.41, 5.74) is -0.747. The van der Waals surface area contributed by atoms with E-state index in [4.69, 9.17) is 0 Å². The van der Waals surface area contributed by atoms with Crippen LogP contribution in [0.1, 0.15) is 30.4 Å². The lowest BCUT2D eigenvalue weighted by molar-refractivity contribution is -0.138. The van der Waals surface area contributed by atoms with Crippen molar-refractivity contribution >= 4 is 17.0 Å². The summed E-state index contributed by atoms with van der Waals surface area (Å²) in [6.45, 7) is 1.38. The first kappa shape index (κ1) is 19.6. The minimum absolute atomic E-state index is 0.208. The van der Waals surface area contributed by atoms with Crippen molar-refractivity contribution < 1.29 is 26.3 Å². The Morgan fingerprint density at radius 1 is 0.724 bits per heavy atom. The molecule has 0 spiro atoms. The van der Waals surface area contributed by atoms with E-state index in [1.54, 1.807) is 0 Å². The Morgan fingerprint density at radius 3 is 1.90 bits per heavy atom. The van der Waals surface area contributed by atoms with Gasteiger partial charge in [0, 0.05) is 18.8 Å². The highest BCUT2D eigenvalue weighted by Crippen LogP contribution is 2.36. The summed E-state index contributed by atoms with van der Waals surface area (Å²) in [5.74, 6) is 0.443. The van der Waals surface area contributed by atoms with Gasteiger partial charge in [0.2, 0.25) is 5.95 Å². The molecule has 154 valence electrons. The van der Waals surface area contributed by atoms with E-state index in [1.165, 1.54) is 22.8 Å². The van der Waals surface area contributed by atoms with Crippen LogP contribution in [0.15, 0.2) is 42.5 Å². The van der Waals surface area contributed by atoms with Gasteiger partial charge in [-0.25, -0.2) is 4.98 Å². The van der Waals surface area contributed by atoms with Gasteiger partial charge in [-0.2, -0.15) is 26.3 Å². The average Bonchev–Trinajstić information content (AvgIpc) is 3.06. The zero-order valence-electron chi connectivity index (χ0n) is 15.2. The minimum Gasteiger partial charge on any atom is -0.342 e. The zero-order chi connectivity index (χ0) is 20.8. The van der Waals surface area contributed by atoms with Crippen LogP contribution in [-0.2, 0) is 12.4 Å². The summed E-state index contributed by atoms with van der Waals surface area (Å²) in [6.07, 6.45) is -6.13. The second-order valence-electron chi connectivity index (χ2n) is 7.04. The van der Waals surface area contributed by atoms with Gasteiger partial charge in [-0.05, 0) is 61.7 Å². The zero-order valence-corrected chi connectivity index (χ0v) is 15.2. The molecule has 2 aromatic carbocycles. The maximum Gasteiger partial charge on any atom is 0.416 e. The summed E-state index contributed by atoms with van der Waals surface area (Å²) in [4.78, 5) is 6.47. The van der Waals surface area contributed by atoms with E-state index in [1.807, 2.05) is 4.90 Å². The van der Waals surface area contributed by atoms with Crippen LogP contribution < -0.4 is 4.90 Å². The predicted octanol–water partition coefficient (Wildman–Crippen LogP) is 6.05. The molecule has 29 heavy (non-hydrogen) atoms. The molecule has 3 aromatic rings. The van der Waals surface area contributed by atoms with Gasteiger partial charge in [-0.1, -0.05) is 0 Å². The van der Waals surface area contributed by atoms with Crippen molar-refractivity contribution in [2.75, 3.05) is 18.0 Å². The van der Waals surface area contributed by atoms with E-state index in [9.17, 15) is 26.3 Å². The molecule has 0 radical (unpaired) electrons. The van der Waals surface area contributed by atoms with Crippen LogP contribution in [0, 0.1) is 0 Å². The van der Waals surface area contributed by atoms with Gasteiger partial charge in [-0.15, -0.1) is 0 Å². The van der Waals surface area contributed by atoms with Crippen LogP contribution in [0.2, 0.25) is 0 Å². The third kappa shape index (κ3) is 3.77. The Morgan fingerprint density at radius 2 is 1.31 bits per heavy atom. The molecule has 1 aliphatic heterocycles. The van der Waals surface area contributed by atoms with Gasteiger partial charge in [-0.3, -0.25) is 4.57 Å². The number of piperidine rings is 1. The second-order valence-corrected chi connectivity index (χ2v) is 7.04. The molecule has 0 bridgehead atoms. The number of alkyl halides is 6. The Hall–Kier alpha value is -2.71. The molecule has 4 rings (SSSR count). The standard InChI is InChI=1S/C20H17F6N3/c21-19(22,23)13-4-7-15(8-5-13)29-17-12-14(20(24,25)26)6-9-16(17)27-18(29)28-10-2-1-3-11-28/h4-9,12H,1-3,10-11H2. The Labute approximate surface area is 162 Å². The summed E-state index contributed by atoms with van der Waals surface area (Å²) < 4.78 is 80.0. The highest BCUT2D eigenvalue weighted by Gasteiger charge is 2.32. The van der Waals surface area contributed by atoms with Gasteiger partial charge in [0.05, 0.1) is 22.2 Å². The number of aromatic nitrogens is 2. The fourth-order valence-electron chi connectivity index (χ4n) is 3.60. The van der Waals surface area contributed by atoms with Crippen molar-refractivity contribution in [3.63, 3.8) is 0 Å². The lowest BCUT2D eigenvalue weighted by Gasteiger charge is -2.28. The monoisotopic (exact) mass is 413 g/mol. The van der Waals surface area contributed by atoms with Gasteiger partial charge in [0.1, 0.15) is 0 Å². The van der Waals surface area contributed by atoms with Crippen LogP contribution in [-0.4, -0.2) is 22.6 Å². The van der Waals surface area contributed by atoms with Crippen LogP contribution in [0.25, 0.3) is 16.7 Å². The summed E-state index contributed by atoms with van der Waals surface area (Å²) in [6, 6.07) is 7.63. The molecule has 0 atom stereocenters. The first-order valence-electron chi connectivity index (χ1n) is 9.17. The largest absolute Gasteiger partial charge is 0.416 e. The highest BCUT2D eigenvalue weighted by atomic mass is 19.4. The number of benzene rings is 2. The molecule has 1 aromatic heterocycles. The Bertz CT molecular complexity index is 1010. The summed E-state index contributed by atoms with van der Waals surface area (Å²) >= 11 is 0. The van der Waals surface area contributed by atoms with E-state index < -0.39 is 23.5 Å². The van der Waals surface area contributed by atoms with Crippen LogP contribution in [0.5, 0.6) is 0 Å². The number of hydrogen-bond acceptors (Lipinski definition) is 2. The molecule has 0 aliphatic carbocycles. The normalized spacial score (nSPS) is 15.9. The number of fused-ring (bicyclic) bond motifs is 1. The molecule has 0 unspecified atom stereocenters. The fourth-order valence-corrected chi connectivity index (χ4v) is 3.60. The predicted molar refractivity (Wildman–Crippen MR) is 97.1 cm³/mol. The molecule has 3 nitrogen and oxygen atoms in total. The molecule has 0 saturated carbocycles. The van der Waals surface area contributed by atoms with Crippen molar-refractivity contribution in [1.29, 1.82) is 0 Å². The molecular formula is C20H17F6N3. The van der Waals surface area contributed by atoms with E-state index >= 15 is 0 Å². The van der Waals surface area contributed by atoms with Crippen molar-refractivity contribution in [3.8, 4) is 5.69 Å². The topological polar surface area (TPSA) is 21.1 Å². The van der Waals surface area contributed by atoms with Gasteiger partial charge in [0.25, 0.3) is 0 Å². The number of imidazole rings is 1. The SMILES string of the molecule is FC(F)(F)c1ccc(-n2c(N3CCCCC3)nc3ccc(C(F)(F)F)cc32)cc1. The van der Waals surface area contributed by atoms with Crippen LogP contribution >= 0.6 is 0 Å². The summed E-state index contributed by atoms with van der Waals surface area (Å²) in [7, 11) is 0. The molecule has 0 amide bonds. The Balaban J connectivity index is 1.90. The summed E-state index contributed by atoms with van der Waals surface area (Å²) in [5, 5.41) is 0. The third-order valence-corrected chi connectivity index (χ3v) is 5.06. The second kappa shape index (κ2) is 6.96. The van der Waals surface area contributed by atoms with E-state index in [0.717, 1.165) is 43.5 Å². The quantitative estimate of drug-likeness (QED) is 0.477. The molecular weight excluding hydrogens is 396 g/mol. The van der Waals surface area contributed by atoms with Crippen LogP contribution in [0.4, 0.5) is 32.3 Å². The number of rotatable bonds is 2. The highest BCUT2D eigenvalue weighted by molar-refractivity contribution is 5.82. The lowest BCUT2D eigenvalue weighted by atomic mass is 10.1. The maximum absolute atomic E-state index is 13.2. The van der Waals surface area contributed by atoms with E-state index in [2.05, 4.69) is 4.98 Å². The fraction of sp³-hybridized carbons (Fsp3) is 0.350. The van der Waals surface area contributed by atoms with Gasteiger partial charge < -0.3 is 4.90 Å². The van der Waals surface area contributed by atoms with Gasteiger partial charge >= 0.3 is 12.4 Å². The average molecular weight is 413 g/mol. The number of anilines is 1. The minimum atomic E-state index is -4.53. The molecule has 9 heteroatoms. The first-order valence-corrected chi connectivity index (χ1v) is 9.17. The molecule has 1 aliphatic rings. The molecule has 0 N–H and O–H groups in total. The molecule has 1 saturated heterocycles. The molecule has 2 heterocycles. The Kier molecular flexibility index (Phi) is 4.71. The smallest absolute Gasteiger partial charge is 0.342 e. The van der Waals surface area contributed by atoms with Gasteiger partial charge in [0.15, 0.2) is 0 Å². The van der Waals surface area contributed by atoms with Crippen LogP contribution in [0.3, 0.4) is 0 Å². The van der Waals surface area contributed by atoms with E-state index in [-0.39, 0.29) is 5.52 Å². The van der Waals surface area contributed by atoms with Crippen molar-refractivity contribution in [1.82, 2.24) is 9.55 Å². The number of hydrogen-bond donors (Lipinski definition) is 0.